The van der Waals surface area contributed by atoms with Crippen LogP contribution in [0.25, 0.3) is 0 Å². The van der Waals surface area contributed by atoms with Gasteiger partial charge in [0.25, 0.3) is 5.91 Å². The van der Waals surface area contributed by atoms with Gasteiger partial charge in [-0.25, -0.2) is 4.79 Å². The maximum absolute atomic E-state index is 12.8. The first-order chi connectivity index (χ1) is 15.5. The van der Waals surface area contributed by atoms with Crippen LogP contribution in [0.2, 0.25) is 5.02 Å². The topological polar surface area (TPSA) is 83.1 Å². The highest BCUT2D eigenvalue weighted by atomic mass is 35.5. The summed E-state index contributed by atoms with van der Waals surface area (Å²) in [5, 5.41) is 2.98. The highest BCUT2D eigenvalue weighted by Gasteiger charge is 2.21. The Kier molecular flexibility index (Phi) is 7.94. The molecule has 0 heterocycles. The Balaban J connectivity index is 1.77. The first-order valence-electron chi connectivity index (χ1n) is 9.70. The maximum atomic E-state index is 12.8. The number of benzene rings is 3. The summed E-state index contributed by atoms with van der Waals surface area (Å²) < 4.78 is 21.4. The number of carbonyl (C=O) groups is 2. The average Bonchev–Trinajstić information content (AvgIpc) is 2.82. The fourth-order valence-electron chi connectivity index (χ4n) is 2.87. The summed E-state index contributed by atoms with van der Waals surface area (Å²) >= 11 is 6.12. The van der Waals surface area contributed by atoms with Gasteiger partial charge in [0.05, 0.1) is 36.1 Å². The minimum Gasteiger partial charge on any atom is -0.493 e. The van der Waals surface area contributed by atoms with E-state index in [0.717, 1.165) is 0 Å². The number of para-hydroxylation sites is 1. The summed E-state index contributed by atoms with van der Waals surface area (Å²) in [7, 11) is 2.90. The zero-order valence-corrected chi connectivity index (χ0v) is 18.3. The van der Waals surface area contributed by atoms with E-state index >= 15 is 0 Å². The largest absolute Gasteiger partial charge is 0.493 e. The number of hydrogen-bond acceptors (Lipinski definition) is 6. The van der Waals surface area contributed by atoms with E-state index in [4.69, 9.17) is 30.5 Å². The number of halogens is 1. The Morgan fingerprint density at radius 3 is 2.19 bits per heavy atom. The van der Waals surface area contributed by atoms with Crippen molar-refractivity contribution in [2.45, 2.75) is 0 Å². The summed E-state index contributed by atoms with van der Waals surface area (Å²) in [5.74, 6) is 0.186. The van der Waals surface area contributed by atoms with E-state index in [0.29, 0.717) is 17.2 Å². The van der Waals surface area contributed by atoms with Gasteiger partial charge in [0.15, 0.2) is 11.5 Å². The molecule has 0 atom stereocenters. The number of hydrogen-bond donors (Lipinski definition) is 1. The lowest BCUT2D eigenvalue weighted by atomic mass is 10.1. The first-order valence-corrected chi connectivity index (χ1v) is 10.1. The molecule has 0 saturated carbocycles. The molecule has 3 rings (SSSR count). The van der Waals surface area contributed by atoms with Crippen LogP contribution in [0.5, 0.6) is 17.2 Å². The standard InChI is InChI=1S/C24H22ClNO6/c1-29-21-14-18(24(28)32-13-12-31-16-8-4-3-5-9-16)20(15-22(21)30-2)26-23(27)17-10-6-7-11-19(17)25/h3-11,14-15H,12-13H2,1-2H3,(H,26,27). The summed E-state index contributed by atoms with van der Waals surface area (Å²) in [5.41, 5.74) is 0.559. The number of nitrogens with one attached hydrogen (secondary N) is 1. The molecule has 0 saturated heterocycles. The zero-order valence-electron chi connectivity index (χ0n) is 17.6. The molecule has 0 spiro atoms. The van der Waals surface area contributed by atoms with E-state index in [-0.39, 0.29) is 35.1 Å². The van der Waals surface area contributed by atoms with Crippen LogP contribution in [-0.2, 0) is 4.74 Å². The molecule has 166 valence electrons. The highest BCUT2D eigenvalue weighted by Crippen LogP contribution is 2.34. The van der Waals surface area contributed by atoms with Gasteiger partial charge in [-0.15, -0.1) is 0 Å². The number of amides is 1. The van der Waals surface area contributed by atoms with Gasteiger partial charge in [-0.2, -0.15) is 0 Å². The second-order valence-electron chi connectivity index (χ2n) is 6.48. The number of ether oxygens (including phenoxy) is 4. The molecule has 1 amide bonds. The third-order valence-electron chi connectivity index (χ3n) is 4.44. The van der Waals surface area contributed by atoms with E-state index in [9.17, 15) is 9.59 Å². The molecule has 1 N–H and O–H groups in total. The van der Waals surface area contributed by atoms with Gasteiger partial charge in [-0.05, 0) is 24.3 Å². The smallest absolute Gasteiger partial charge is 0.340 e. The van der Waals surface area contributed by atoms with E-state index in [2.05, 4.69) is 5.32 Å². The normalized spacial score (nSPS) is 10.2. The summed E-state index contributed by atoms with van der Waals surface area (Å²) in [4.78, 5) is 25.5. The summed E-state index contributed by atoms with van der Waals surface area (Å²) in [6.07, 6.45) is 0. The number of anilines is 1. The monoisotopic (exact) mass is 455 g/mol. The van der Waals surface area contributed by atoms with E-state index in [1.807, 2.05) is 18.2 Å². The lowest BCUT2D eigenvalue weighted by Gasteiger charge is -2.16. The van der Waals surface area contributed by atoms with Crippen molar-refractivity contribution in [2.75, 3.05) is 32.8 Å². The maximum Gasteiger partial charge on any atom is 0.340 e. The number of methoxy groups -OCH3 is 2. The van der Waals surface area contributed by atoms with Crippen molar-refractivity contribution in [3.05, 3.63) is 82.9 Å². The average molecular weight is 456 g/mol. The molecule has 0 aliphatic rings. The van der Waals surface area contributed by atoms with Crippen molar-refractivity contribution in [3.63, 3.8) is 0 Å². The Morgan fingerprint density at radius 2 is 1.50 bits per heavy atom. The van der Waals surface area contributed by atoms with Crippen molar-refractivity contribution >= 4 is 29.2 Å². The zero-order chi connectivity index (χ0) is 22.9. The minimum absolute atomic E-state index is 0.0139. The van der Waals surface area contributed by atoms with Crippen molar-refractivity contribution in [2.24, 2.45) is 0 Å². The molecule has 0 unspecified atom stereocenters. The fraction of sp³-hybridized carbons (Fsp3) is 0.167. The quantitative estimate of drug-likeness (QED) is 0.367. The van der Waals surface area contributed by atoms with Gasteiger partial charge in [-0.1, -0.05) is 41.9 Å². The molecule has 0 aliphatic carbocycles. The molecule has 0 fully saturated rings. The molecule has 8 heteroatoms. The highest BCUT2D eigenvalue weighted by molar-refractivity contribution is 6.34. The summed E-state index contributed by atoms with van der Waals surface area (Å²) in [6.45, 7) is 0.185. The van der Waals surface area contributed by atoms with Gasteiger partial charge in [0, 0.05) is 12.1 Å². The third kappa shape index (κ3) is 5.70. The fourth-order valence-corrected chi connectivity index (χ4v) is 3.10. The number of esters is 1. The lowest BCUT2D eigenvalue weighted by molar-refractivity contribution is 0.0451. The molecular formula is C24H22ClNO6. The van der Waals surface area contributed by atoms with E-state index < -0.39 is 11.9 Å². The van der Waals surface area contributed by atoms with Crippen LogP contribution >= 0.6 is 11.6 Å². The second-order valence-corrected chi connectivity index (χ2v) is 6.89. The second kappa shape index (κ2) is 11.1. The van der Waals surface area contributed by atoms with Gasteiger partial charge in [0.2, 0.25) is 0 Å². The first kappa shape index (κ1) is 23.0. The summed E-state index contributed by atoms with van der Waals surface area (Å²) in [6, 6.07) is 18.7. The van der Waals surface area contributed by atoms with Crippen molar-refractivity contribution in [1.82, 2.24) is 0 Å². The van der Waals surface area contributed by atoms with Gasteiger partial charge < -0.3 is 24.3 Å². The molecule has 7 nitrogen and oxygen atoms in total. The van der Waals surface area contributed by atoms with Gasteiger partial charge in [0.1, 0.15) is 19.0 Å². The van der Waals surface area contributed by atoms with Crippen molar-refractivity contribution in [1.29, 1.82) is 0 Å². The van der Waals surface area contributed by atoms with Gasteiger partial charge >= 0.3 is 5.97 Å². The minimum atomic E-state index is -0.655. The van der Waals surface area contributed by atoms with Crippen LogP contribution < -0.4 is 19.5 Å². The molecule has 0 aromatic heterocycles. The van der Waals surface area contributed by atoms with Crippen LogP contribution in [0.15, 0.2) is 66.7 Å². The van der Waals surface area contributed by atoms with Crippen LogP contribution in [0, 0.1) is 0 Å². The molecule has 0 bridgehead atoms. The van der Waals surface area contributed by atoms with Crippen LogP contribution in [-0.4, -0.2) is 39.3 Å². The molecule has 3 aromatic rings. The van der Waals surface area contributed by atoms with Crippen LogP contribution in [0.1, 0.15) is 20.7 Å². The van der Waals surface area contributed by atoms with Gasteiger partial charge in [-0.3, -0.25) is 4.79 Å². The Bertz CT molecular complexity index is 1090. The molecule has 3 aromatic carbocycles. The number of rotatable bonds is 9. The lowest BCUT2D eigenvalue weighted by Crippen LogP contribution is -2.18. The van der Waals surface area contributed by atoms with E-state index in [1.54, 1.807) is 36.4 Å². The molecule has 32 heavy (non-hydrogen) atoms. The predicted octanol–water partition coefficient (Wildman–Crippen LogP) is 4.85. The third-order valence-corrected chi connectivity index (χ3v) is 4.77. The molecule has 0 radical (unpaired) electrons. The van der Waals surface area contributed by atoms with E-state index in [1.165, 1.54) is 26.4 Å². The number of carbonyl (C=O) groups excluding carboxylic acids is 2. The van der Waals surface area contributed by atoms with Crippen molar-refractivity contribution < 1.29 is 28.5 Å². The Labute approximate surface area is 190 Å². The van der Waals surface area contributed by atoms with Crippen molar-refractivity contribution in [3.8, 4) is 17.2 Å². The Hall–Kier alpha value is -3.71. The molecule has 0 aliphatic heterocycles. The van der Waals surface area contributed by atoms with Crippen LogP contribution in [0.4, 0.5) is 5.69 Å². The SMILES string of the molecule is COc1cc(NC(=O)c2ccccc2Cl)c(C(=O)OCCOc2ccccc2)cc1OC. The molecular weight excluding hydrogens is 434 g/mol. The Morgan fingerprint density at radius 1 is 0.844 bits per heavy atom. The predicted molar refractivity (Wildman–Crippen MR) is 121 cm³/mol. The van der Waals surface area contributed by atoms with Crippen LogP contribution in [0.3, 0.4) is 0 Å².